The molecule has 0 saturated carbocycles. The van der Waals surface area contributed by atoms with Crippen LogP contribution in [0.1, 0.15) is 30.1 Å². The van der Waals surface area contributed by atoms with Gasteiger partial charge < -0.3 is 9.47 Å². The second kappa shape index (κ2) is 8.90. The summed E-state index contributed by atoms with van der Waals surface area (Å²) in [7, 11) is 0. The zero-order valence-corrected chi connectivity index (χ0v) is 14.4. The van der Waals surface area contributed by atoms with Crippen LogP contribution >= 0.6 is 11.8 Å². The standard InChI is InChI=1S/C20H22O3S/c21-20(23-15-17-11-7-8-14-22-17)19(16-9-3-1-4-10-16)24-18-12-5-2-6-13-18/h1-6,9-10,12-13,17,19H,7-8,11,14-15H2. The zero-order chi connectivity index (χ0) is 16.6. The van der Waals surface area contributed by atoms with E-state index >= 15 is 0 Å². The van der Waals surface area contributed by atoms with Crippen LogP contribution in [0.5, 0.6) is 0 Å². The summed E-state index contributed by atoms with van der Waals surface area (Å²) in [4.78, 5) is 13.7. The number of thioether (sulfide) groups is 1. The van der Waals surface area contributed by atoms with Gasteiger partial charge in [0.25, 0.3) is 0 Å². The minimum atomic E-state index is -0.364. The molecule has 3 rings (SSSR count). The van der Waals surface area contributed by atoms with Crippen molar-refractivity contribution in [2.45, 2.75) is 35.5 Å². The number of carbonyl (C=O) groups excluding carboxylic acids is 1. The summed E-state index contributed by atoms with van der Waals surface area (Å²) >= 11 is 1.52. The van der Waals surface area contributed by atoms with Gasteiger partial charge in [0.05, 0.1) is 6.10 Å². The number of ether oxygens (including phenoxy) is 2. The number of hydrogen-bond donors (Lipinski definition) is 0. The maximum absolute atomic E-state index is 12.7. The molecule has 0 aromatic heterocycles. The third-order valence-corrected chi connectivity index (χ3v) is 5.24. The number of rotatable bonds is 6. The van der Waals surface area contributed by atoms with Crippen molar-refractivity contribution in [2.24, 2.45) is 0 Å². The molecule has 3 nitrogen and oxygen atoms in total. The second-order valence-corrected chi connectivity index (χ2v) is 7.02. The van der Waals surface area contributed by atoms with Crippen LogP contribution in [-0.4, -0.2) is 25.3 Å². The zero-order valence-electron chi connectivity index (χ0n) is 13.6. The number of esters is 1. The van der Waals surface area contributed by atoms with Gasteiger partial charge in [-0.3, -0.25) is 4.79 Å². The van der Waals surface area contributed by atoms with Crippen LogP contribution in [0.25, 0.3) is 0 Å². The van der Waals surface area contributed by atoms with Crippen molar-refractivity contribution in [3.8, 4) is 0 Å². The Morgan fingerprint density at radius 3 is 2.46 bits per heavy atom. The summed E-state index contributed by atoms with van der Waals surface area (Å²) in [5, 5.41) is -0.364. The van der Waals surface area contributed by atoms with Crippen LogP contribution < -0.4 is 0 Å². The van der Waals surface area contributed by atoms with Gasteiger partial charge in [0.2, 0.25) is 0 Å². The van der Waals surface area contributed by atoms with Crippen molar-refractivity contribution in [3.63, 3.8) is 0 Å². The first-order valence-electron chi connectivity index (χ1n) is 8.38. The predicted molar refractivity (Wildman–Crippen MR) is 96.0 cm³/mol. The van der Waals surface area contributed by atoms with E-state index in [-0.39, 0.29) is 17.3 Å². The van der Waals surface area contributed by atoms with Gasteiger partial charge >= 0.3 is 5.97 Å². The van der Waals surface area contributed by atoms with Crippen molar-refractivity contribution >= 4 is 17.7 Å². The van der Waals surface area contributed by atoms with Gasteiger partial charge in [0.15, 0.2) is 0 Å². The lowest BCUT2D eigenvalue weighted by molar-refractivity contribution is -0.148. The molecular formula is C20H22O3S. The van der Waals surface area contributed by atoms with Gasteiger partial charge in [-0.2, -0.15) is 0 Å². The maximum Gasteiger partial charge on any atom is 0.324 e. The van der Waals surface area contributed by atoms with E-state index in [1.165, 1.54) is 11.8 Å². The molecule has 126 valence electrons. The van der Waals surface area contributed by atoms with E-state index in [0.29, 0.717) is 6.61 Å². The van der Waals surface area contributed by atoms with Crippen LogP contribution in [0.4, 0.5) is 0 Å². The van der Waals surface area contributed by atoms with E-state index in [4.69, 9.17) is 9.47 Å². The highest BCUT2D eigenvalue weighted by Crippen LogP contribution is 2.36. The fourth-order valence-electron chi connectivity index (χ4n) is 2.70. The van der Waals surface area contributed by atoms with Crippen molar-refractivity contribution in [3.05, 3.63) is 66.2 Å². The van der Waals surface area contributed by atoms with Crippen LogP contribution in [0.15, 0.2) is 65.6 Å². The minimum absolute atomic E-state index is 0.0425. The monoisotopic (exact) mass is 342 g/mol. The number of benzene rings is 2. The Hall–Kier alpha value is -1.78. The van der Waals surface area contributed by atoms with Crippen LogP contribution in [0.2, 0.25) is 0 Å². The van der Waals surface area contributed by atoms with E-state index in [2.05, 4.69) is 0 Å². The molecule has 2 unspecified atom stereocenters. The van der Waals surface area contributed by atoms with Crippen LogP contribution in [-0.2, 0) is 14.3 Å². The van der Waals surface area contributed by atoms with Gasteiger partial charge in [0, 0.05) is 11.5 Å². The molecule has 1 saturated heterocycles. The van der Waals surface area contributed by atoms with Crippen molar-refractivity contribution in [1.82, 2.24) is 0 Å². The largest absolute Gasteiger partial charge is 0.462 e. The lowest BCUT2D eigenvalue weighted by Gasteiger charge is -2.23. The third-order valence-electron chi connectivity index (χ3n) is 4.00. The Labute approximate surface area is 147 Å². The molecule has 4 heteroatoms. The van der Waals surface area contributed by atoms with Crippen molar-refractivity contribution in [1.29, 1.82) is 0 Å². The SMILES string of the molecule is O=C(OCC1CCCCO1)C(Sc1ccccc1)c1ccccc1. The molecule has 2 atom stereocenters. The average molecular weight is 342 g/mol. The summed E-state index contributed by atoms with van der Waals surface area (Å²) in [6.45, 7) is 1.11. The van der Waals surface area contributed by atoms with E-state index < -0.39 is 0 Å². The van der Waals surface area contributed by atoms with E-state index in [9.17, 15) is 4.79 Å². The Bertz CT molecular complexity index is 624. The first-order valence-corrected chi connectivity index (χ1v) is 9.26. The second-order valence-electron chi connectivity index (χ2n) is 5.84. The summed E-state index contributed by atoms with van der Waals surface area (Å²) in [5.41, 5.74) is 0.959. The molecule has 2 aromatic carbocycles. The molecule has 1 aliphatic rings. The fourth-order valence-corrected chi connectivity index (χ4v) is 3.75. The highest BCUT2D eigenvalue weighted by atomic mass is 32.2. The third kappa shape index (κ3) is 4.86. The molecule has 1 heterocycles. The molecule has 24 heavy (non-hydrogen) atoms. The lowest BCUT2D eigenvalue weighted by Crippen LogP contribution is -2.27. The maximum atomic E-state index is 12.7. The van der Waals surface area contributed by atoms with E-state index in [0.717, 1.165) is 36.3 Å². The van der Waals surface area contributed by atoms with E-state index in [1.54, 1.807) is 0 Å². The molecule has 1 fully saturated rings. The van der Waals surface area contributed by atoms with Crippen LogP contribution in [0, 0.1) is 0 Å². The van der Waals surface area contributed by atoms with Gasteiger partial charge in [-0.15, -0.1) is 11.8 Å². The normalized spacial score (nSPS) is 18.8. The topological polar surface area (TPSA) is 35.5 Å². The number of hydrogen-bond acceptors (Lipinski definition) is 4. The van der Waals surface area contributed by atoms with Gasteiger partial charge in [0.1, 0.15) is 11.9 Å². The predicted octanol–water partition coefficient (Wildman–Crippen LogP) is 4.63. The van der Waals surface area contributed by atoms with Crippen LogP contribution in [0.3, 0.4) is 0 Å². The molecule has 0 spiro atoms. The van der Waals surface area contributed by atoms with Gasteiger partial charge in [-0.25, -0.2) is 0 Å². The smallest absolute Gasteiger partial charge is 0.324 e. The molecule has 2 aromatic rings. The molecule has 0 aliphatic carbocycles. The van der Waals surface area contributed by atoms with E-state index in [1.807, 2.05) is 60.7 Å². The summed E-state index contributed by atoms with van der Waals surface area (Å²) in [5.74, 6) is -0.204. The molecule has 1 aliphatic heterocycles. The Kier molecular flexibility index (Phi) is 6.33. The first-order chi connectivity index (χ1) is 11.8. The fraction of sp³-hybridized carbons (Fsp3) is 0.350. The molecule has 0 amide bonds. The van der Waals surface area contributed by atoms with Gasteiger partial charge in [-0.1, -0.05) is 48.5 Å². The average Bonchev–Trinajstić information content (AvgIpc) is 2.66. The van der Waals surface area contributed by atoms with Gasteiger partial charge in [-0.05, 0) is 37.0 Å². The Morgan fingerprint density at radius 2 is 1.79 bits per heavy atom. The highest BCUT2D eigenvalue weighted by molar-refractivity contribution is 8.00. The molecule has 0 N–H and O–H groups in total. The summed E-state index contributed by atoms with van der Waals surface area (Å²) < 4.78 is 11.2. The Balaban J connectivity index is 1.67. The molecule has 0 radical (unpaired) electrons. The van der Waals surface area contributed by atoms with Crippen molar-refractivity contribution in [2.75, 3.05) is 13.2 Å². The highest BCUT2D eigenvalue weighted by Gasteiger charge is 2.25. The lowest BCUT2D eigenvalue weighted by atomic mass is 10.1. The molecule has 0 bridgehead atoms. The van der Waals surface area contributed by atoms with Crippen molar-refractivity contribution < 1.29 is 14.3 Å². The molecular weight excluding hydrogens is 320 g/mol. The number of carbonyl (C=O) groups is 1. The summed E-state index contributed by atoms with van der Waals surface area (Å²) in [6, 6.07) is 19.7. The quantitative estimate of drug-likeness (QED) is 0.566. The Morgan fingerprint density at radius 1 is 1.08 bits per heavy atom. The first kappa shape index (κ1) is 17.1. The minimum Gasteiger partial charge on any atom is -0.462 e. The summed E-state index contributed by atoms with van der Waals surface area (Å²) in [6.07, 6.45) is 3.25.